The molecule has 2 aromatic heterocycles. The second-order valence-corrected chi connectivity index (χ2v) is 9.44. The maximum atomic E-state index is 13.1. The first-order valence-corrected chi connectivity index (χ1v) is 12.0. The lowest BCUT2D eigenvalue weighted by molar-refractivity contribution is 0.0708. The fourth-order valence-corrected chi connectivity index (χ4v) is 5.24. The van der Waals surface area contributed by atoms with Crippen LogP contribution in [0.15, 0.2) is 60.1 Å². The summed E-state index contributed by atoms with van der Waals surface area (Å²) in [7, 11) is 0. The molecule has 0 radical (unpaired) electrons. The number of carbonyl (C=O) groups is 1. The number of aromatic amines is 1. The highest BCUT2D eigenvalue weighted by molar-refractivity contribution is 7.13. The smallest absolute Gasteiger partial charge is 0.273 e. The number of ether oxygens (including phenoxy) is 1. The molecule has 0 unspecified atom stereocenters. The highest BCUT2D eigenvalue weighted by atomic mass is 32.1. The summed E-state index contributed by atoms with van der Waals surface area (Å²) in [5.41, 5.74) is 4.09. The molecule has 1 aliphatic heterocycles. The predicted octanol–water partition coefficient (Wildman–Crippen LogP) is 6.10. The molecule has 164 valence electrons. The fourth-order valence-electron chi connectivity index (χ4n) is 4.44. The van der Waals surface area contributed by atoms with Crippen molar-refractivity contribution in [3.05, 3.63) is 71.4 Å². The van der Waals surface area contributed by atoms with E-state index in [0.717, 1.165) is 42.3 Å². The van der Waals surface area contributed by atoms with Crippen LogP contribution in [0.1, 0.15) is 48.7 Å². The van der Waals surface area contributed by atoms with Crippen molar-refractivity contribution in [2.45, 2.75) is 38.7 Å². The Labute approximate surface area is 192 Å². The first kappa shape index (κ1) is 20.8. The van der Waals surface area contributed by atoms with Crippen molar-refractivity contribution in [3.8, 4) is 16.3 Å². The van der Waals surface area contributed by atoms with E-state index in [1.807, 2.05) is 48.4 Å². The number of carbonyl (C=O) groups excluding carboxylic acids is 1. The van der Waals surface area contributed by atoms with Gasteiger partial charge in [0.05, 0.1) is 6.10 Å². The number of para-hydroxylation sites is 1. The third kappa shape index (κ3) is 4.15. The molecule has 2 aromatic carbocycles. The molecule has 6 heteroatoms. The monoisotopic (exact) mass is 445 g/mol. The van der Waals surface area contributed by atoms with Crippen molar-refractivity contribution >= 4 is 28.1 Å². The van der Waals surface area contributed by atoms with Crippen LogP contribution in [0.2, 0.25) is 0 Å². The van der Waals surface area contributed by atoms with Crippen LogP contribution < -0.4 is 4.74 Å². The molecule has 0 aliphatic carbocycles. The molecule has 5 rings (SSSR count). The van der Waals surface area contributed by atoms with Crippen molar-refractivity contribution in [2.75, 3.05) is 13.1 Å². The maximum Gasteiger partial charge on any atom is 0.273 e. The minimum absolute atomic E-state index is 0.0321. The SMILES string of the molecule is CC(C)Oc1ccc(-c2nc(C(=O)N3CCC(c4c[nH]c5ccccc45)CC3)cs2)cc1. The number of likely N-dealkylation sites (tertiary alicyclic amines) is 1. The molecule has 4 aromatic rings. The molecule has 1 aliphatic rings. The number of amides is 1. The Bertz CT molecular complexity index is 1220. The average molecular weight is 446 g/mol. The number of aromatic nitrogens is 2. The van der Waals surface area contributed by atoms with Gasteiger partial charge < -0.3 is 14.6 Å². The number of hydrogen-bond acceptors (Lipinski definition) is 4. The fraction of sp³-hybridized carbons (Fsp3) is 0.308. The van der Waals surface area contributed by atoms with Crippen LogP contribution in [-0.4, -0.2) is 40.0 Å². The van der Waals surface area contributed by atoms with Crippen LogP contribution in [0, 0.1) is 0 Å². The third-order valence-corrected chi connectivity index (χ3v) is 6.93. The van der Waals surface area contributed by atoms with Crippen LogP contribution in [0.3, 0.4) is 0 Å². The van der Waals surface area contributed by atoms with Crippen LogP contribution in [0.4, 0.5) is 0 Å². The van der Waals surface area contributed by atoms with Gasteiger partial charge in [-0.1, -0.05) is 18.2 Å². The van der Waals surface area contributed by atoms with Crippen LogP contribution in [-0.2, 0) is 0 Å². The summed E-state index contributed by atoms with van der Waals surface area (Å²) in [6, 6.07) is 16.3. The first-order chi connectivity index (χ1) is 15.6. The number of thiazole rings is 1. The average Bonchev–Trinajstić information content (AvgIpc) is 3.47. The highest BCUT2D eigenvalue weighted by Crippen LogP contribution is 2.34. The summed E-state index contributed by atoms with van der Waals surface area (Å²) >= 11 is 1.51. The highest BCUT2D eigenvalue weighted by Gasteiger charge is 2.27. The molecule has 5 nitrogen and oxygen atoms in total. The number of piperidine rings is 1. The van der Waals surface area contributed by atoms with Gasteiger partial charge in [-0.15, -0.1) is 11.3 Å². The minimum atomic E-state index is 0.0321. The van der Waals surface area contributed by atoms with E-state index >= 15 is 0 Å². The molecule has 0 atom stereocenters. The molecule has 1 amide bonds. The van der Waals surface area contributed by atoms with E-state index in [-0.39, 0.29) is 12.0 Å². The minimum Gasteiger partial charge on any atom is -0.491 e. The summed E-state index contributed by atoms with van der Waals surface area (Å²) < 4.78 is 5.71. The van der Waals surface area contributed by atoms with E-state index in [1.54, 1.807) is 0 Å². The van der Waals surface area contributed by atoms with Gasteiger partial charge in [-0.2, -0.15) is 0 Å². The summed E-state index contributed by atoms with van der Waals surface area (Å²) in [6.45, 7) is 5.54. The van der Waals surface area contributed by atoms with E-state index in [4.69, 9.17) is 4.74 Å². The Balaban J connectivity index is 1.24. The topological polar surface area (TPSA) is 58.2 Å². The third-order valence-electron chi connectivity index (χ3n) is 6.04. The molecule has 0 bridgehead atoms. The Morgan fingerprint density at radius 1 is 1.12 bits per heavy atom. The number of fused-ring (bicyclic) bond motifs is 1. The summed E-state index contributed by atoms with van der Waals surface area (Å²) in [4.78, 5) is 23.0. The van der Waals surface area contributed by atoms with Gasteiger partial charge in [0.2, 0.25) is 0 Å². The number of nitrogens with zero attached hydrogens (tertiary/aromatic N) is 2. The zero-order valence-electron chi connectivity index (χ0n) is 18.4. The van der Waals surface area contributed by atoms with Gasteiger partial charge in [0, 0.05) is 41.1 Å². The Kier molecular flexibility index (Phi) is 5.70. The molecule has 0 spiro atoms. The number of H-pyrrole nitrogens is 1. The lowest BCUT2D eigenvalue weighted by atomic mass is 9.89. The summed E-state index contributed by atoms with van der Waals surface area (Å²) in [5, 5.41) is 4.03. The van der Waals surface area contributed by atoms with Crippen LogP contribution in [0.25, 0.3) is 21.5 Å². The lowest BCUT2D eigenvalue weighted by Crippen LogP contribution is -2.38. The second-order valence-electron chi connectivity index (χ2n) is 8.58. The zero-order chi connectivity index (χ0) is 22.1. The van der Waals surface area contributed by atoms with Crippen LogP contribution >= 0.6 is 11.3 Å². The maximum absolute atomic E-state index is 13.1. The van der Waals surface area contributed by atoms with Gasteiger partial charge in [0.1, 0.15) is 16.5 Å². The van der Waals surface area contributed by atoms with Crippen LogP contribution in [0.5, 0.6) is 5.75 Å². The number of hydrogen-bond donors (Lipinski definition) is 1. The van der Waals surface area contributed by atoms with E-state index in [2.05, 4.69) is 40.4 Å². The Hall–Kier alpha value is -3.12. The van der Waals surface area contributed by atoms with Crippen molar-refractivity contribution in [2.24, 2.45) is 0 Å². The quantitative estimate of drug-likeness (QED) is 0.404. The van der Waals surface area contributed by atoms with E-state index in [0.29, 0.717) is 11.6 Å². The normalized spacial score (nSPS) is 14.9. The van der Waals surface area contributed by atoms with E-state index in [1.165, 1.54) is 27.8 Å². The lowest BCUT2D eigenvalue weighted by Gasteiger charge is -2.31. The Morgan fingerprint density at radius 3 is 2.62 bits per heavy atom. The van der Waals surface area contributed by atoms with Crippen molar-refractivity contribution in [3.63, 3.8) is 0 Å². The number of nitrogens with one attached hydrogen (secondary N) is 1. The van der Waals surface area contributed by atoms with E-state index in [9.17, 15) is 4.79 Å². The van der Waals surface area contributed by atoms with Crippen molar-refractivity contribution in [1.82, 2.24) is 14.9 Å². The van der Waals surface area contributed by atoms with Gasteiger partial charge in [0.25, 0.3) is 5.91 Å². The molecular weight excluding hydrogens is 418 g/mol. The predicted molar refractivity (Wildman–Crippen MR) is 129 cm³/mol. The summed E-state index contributed by atoms with van der Waals surface area (Å²) in [6.07, 6.45) is 4.23. The zero-order valence-corrected chi connectivity index (χ0v) is 19.2. The molecule has 1 fully saturated rings. The molecule has 0 saturated carbocycles. The van der Waals surface area contributed by atoms with Gasteiger partial charge in [-0.05, 0) is 68.5 Å². The number of rotatable bonds is 5. The molecular formula is C26H27N3O2S. The van der Waals surface area contributed by atoms with Gasteiger partial charge >= 0.3 is 0 Å². The van der Waals surface area contributed by atoms with E-state index < -0.39 is 0 Å². The van der Waals surface area contributed by atoms with Gasteiger partial charge in [-0.3, -0.25) is 4.79 Å². The van der Waals surface area contributed by atoms with Crippen molar-refractivity contribution < 1.29 is 9.53 Å². The largest absolute Gasteiger partial charge is 0.491 e. The molecule has 32 heavy (non-hydrogen) atoms. The Morgan fingerprint density at radius 2 is 1.88 bits per heavy atom. The van der Waals surface area contributed by atoms with Crippen molar-refractivity contribution in [1.29, 1.82) is 0 Å². The molecule has 1 N–H and O–H groups in total. The second kappa shape index (κ2) is 8.79. The molecule has 1 saturated heterocycles. The first-order valence-electron chi connectivity index (χ1n) is 11.2. The number of benzene rings is 2. The summed E-state index contributed by atoms with van der Waals surface area (Å²) in [5.74, 6) is 1.35. The van der Waals surface area contributed by atoms with Gasteiger partial charge in [0.15, 0.2) is 0 Å². The van der Waals surface area contributed by atoms with Gasteiger partial charge in [-0.25, -0.2) is 4.98 Å². The standard InChI is InChI=1S/C26H27N3O2S/c1-17(2)31-20-9-7-19(8-10-20)25-28-24(16-32-25)26(30)29-13-11-18(12-14-29)22-15-27-23-6-4-3-5-21(22)23/h3-10,15-18,27H,11-14H2,1-2H3. The molecule has 3 heterocycles.